The molecule has 1 aromatic carbocycles. The third-order valence-electron chi connectivity index (χ3n) is 3.79. The molecule has 2 nitrogen and oxygen atoms in total. The van der Waals surface area contributed by atoms with Crippen LogP contribution in [-0.4, -0.2) is 6.54 Å². The first-order valence-corrected chi connectivity index (χ1v) is 5.84. The van der Waals surface area contributed by atoms with Crippen molar-refractivity contribution < 1.29 is 0 Å². The molecule has 1 fully saturated rings. The molecule has 0 bridgehead atoms. The van der Waals surface area contributed by atoms with Crippen molar-refractivity contribution in [2.45, 2.75) is 39.2 Å². The van der Waals surface area contributed by atoms with Gasteiger partial charge in [-0.2, -0.15) is 5.26 Å². The second kappa shape index (κ2) is 3.92. The van der Waals surface area contributed by atoms with Gasteiger partial charge in [0.25, 0.3) is 0 Å². The second-order valence-electron chi connectivity index (χ2n) is 4.94. The predicted octanol–water partition coefficient (Wildman–Crippen LogP) is 2.77. The van der Waals surface area contributed by atoms with Crippen molar-refractivity contribution in [2.75, 3.05) is 6.54 Å². The fourth-order valence-corrected chi connectivity index (χ4v) is 2.44. The molecule has 1 unspecified atom stereocenters. The van der Waals surface area contributed by atoms with Crippen molar-refractivity contribution >= 4 is 0 Å². The van der Waals surface area contributed by atoms with Crippen LogP contribution in [0.15, 0.2) is 12.1 Å². The van der Waals surface area contributed by atoms with E-state index in [1.165, 1.54) is 17.5 Å². The van der Waals surface area contributed by atoms with Gasteiger partial charge in [-0.3, -0.25) is 0 Å². The van der Waals surface area contributed by atoms with Crippen molar-refractivity contribution in [3.8, 4) is 6.07 Å². The zero-order chi connectivity index (χ0) is 11.8. The molecule has 0 aliphatic carbocycles. The summed E-state index contributed by atoms with van der Waals surface area (Å²) in [6, 6.07) is 6.55. The van der Waals surface area contributed by atoms with Gasteiger partial charge < -0.3 is 5.32 Å². The van der Waals surface area contributed by atoms with Crippen LogP contribution in [-0.2, 0) is 5.54 Å². The standard InChI is InChI=1S/C14H18N2/c1-10-7-13(8-12(9-15)11(10)2)14(3)5-4-6-16-14/h7-8,16H,4-6H2,1-3H3. The molecular weight excluding hydrogens is 196 g/mol. The van der Waals surface area contributed by atoms with Gasteiger partial charge >= 0.3 is 0 Å². The van der Waals surface area contributed by atoms with E-state index in [0.29, 0.717) is 0 Å². The number of benzene rings is 1. The maximum Gasteiger partial charge on any atom is 0.0994 e. The number of nitrogens with zero attached hydrogens (tertiary/aromatic N) is 1. The Labute approximate surface area is 97.3 Å². The Morgan fingerprint density at radius 2 is 2.12 bits per heavy atom. The lowest BCUT2D eigenvalue weighted by Crippen LogP contribution is -2.33. The van der Waals surface area contributed by atoms with Crippen LogP contribution in [0.3, 0.4) is 0 Å². The van der Waals surface area contributed by atoms with E-state index in [4.69, 9.17) is 5.26 Å². The number of nitriles is 1. The zero-order valence-electron chi connectivity index (χ0n) is 10.2. The van der Waals surface area contributed by atoms with Gasteiger partial charge in [0, 0.05) is 5.54 Å². The van der Waals surface area contributed by atoms with E-state index >= 15 is 0 Å². The first kappa shape index (κ1) is 11.2. The highest BCUT2D eigenvalue weighted by Crippen LogP contribution is 2.32. The van der Waals surface area contributed by atoms with Crippen LogP contribution in [0.1, 0.15) is 42.0 Å². The highest BCUT2D eigenvalue weighted by Gasteiger charge is 2.30. The van der Waals surface area contributed by atoms with E-state index in [0.717, 1.165) is 24.1 Å². The van der Waals surface area contributed by atoms with Crippen molar-refractivity contribution in [1.82, 2.24) is 5.32 Å². The largest absolute Gasteiger partial charge is 0.308 e. The minimum absolute atomic E-state index is 0.0596. The average molecular weight is 214 g/mol. The third kappa shape index (κ3) is 1.72. The number of aryl methyl sites for hydroxylation is 1. The van der Waals surface area contributed by atoms with Crippen LogP contribution in [0.25, 0.3) is 0 Å². The molecule has 2 heteroatoms. The molecule has 0 spiro atoms. The lowest BCUT2D eigenvalue weighted by molar-refractivity contribution is 0.434. The minimum Gasteiger partial charge on any atom is -0.308 e. The van der Waals surface area contributed by atoms with E-state index in [1.807, 2.05) is 13.0 Å². The van der Waals surface area contributed by atoms with Crippen LogP contribution in [0, 0.1) is 25.2 Å². The van der Waals surface area contributed by atoms with Gasteiger partial charge in [0.15, 0.2) is 0 Å². The summed E-state index contributed by atoms with van der Waals surface area (Å²) in [5, 5.41) is 12.7. The lowest BCUT2D eigenvalue weighted by Gasteiger charge is -2.26. The SMILES string of the molecule is Cc1cc(C2(C)CCCN2)cc(C#N)c1C. The Bertz CT molecular complexity index is 449. The van der Waals surface area contributed by atoms with Crippen molar-refractivity contribution in [3.63, 3.8) is 0 Å². The van der Waals surface area contributed by atoms with Crippen LogP contribution < -0.4 is 5.32 Å². The molecule has 1 saturated heterocycles. The monoisotopic (exact) mass is 214 g/mol. The maximum atomic E-state index is 9.12. The summed E-state index contributed by atoms with van der Waals surface area (Å²) in [4.78, 5) is 0. The fourth-order valence-electron chi connectivity index (χ4n) is 2.44. The zero-order valence-corrected chi connectivity index (χ0v) is 10.2. The highest BCUT2D eigenvalue weighted by molar-refractivity contribution is 5.46. The van der Waals surface area contributed by atoms with E-state index in [1.54, 1.807) is 0 Å². The number of nitrogens with one attached hydrogen (secondary N) is 1. The van der Waals surface area contributed by atoms with Gasteiger partial charge in [-0.05, 0) is 62.9 Å². The van der Waals surface area contributed by atoms with E-state index in [2.05, 4.69) is 31.3 Å². The summed E-state index contributed by atoms with van der Waals surface area (Å²) >= 11 is 0. The maximum absolute atomic E-state index is 9.12. The number of rotatable bonds is 1. The summed E-state index contributed by atoms with van der Waals surface area (Å²) in [5.74, 6) is 0. The van der Waals surface area contributed by atoms with Crippen LogP contribution in [0.4, 0.5) is 0 Å². The van der Waals surface area contributed by atoms with E-state index < -0.39 is 0 Å². The van der Waals surface area contributed by atoms with Crippen LogP contribution >= 0.6 is 0 Å². The predicted molar refractivity (Wildman–Crippen MR) is 65.2 cm³/mol. The van der Waals surface area contributed by atoms with E-state index in [9.17, 15) is 0 Å². The van der Waals surface area contributed by atoms with Crippen molar-refractivity contribution in [2.24, 2.45) is 0 Å². The highest BCUT2D eigenvalue weighted by atomic mass is 15.0. The molecule has 0 aromatic heterocycles. The van der Waals surface area contributed by atoms with Gasteiger partial charge in [0.1, 0.15) is 0 Å². The third-order valence-corrected chi connectivity index (χ3v) is 3.79. The first-order valence-electron chi connectivity index (χ1n) is 5.84. The summed E-state index contributed by atoms with van der Waals surface area (Å²) in [7, 11) is 0. The lowest BCUT2D eigenvalue weighted by atomic mass is 9.87. The van der Waals surface area contributed by atoms with Crippen molar-refractivity contribution in [1.29, 1.82) is 5.26 Å². The molecule has 16 heavy (non-hydrogen) atoms. The Morgan fingerprint density at radius 3 is 2.69 bits per heavy atom. The summed E-state index contributed by atoms with van der Waals surface area (Å²) in [6.45, 7) is 7.40. The second-order valence-corrected chi connectivity index (χ2v) is 4.94. The molecular formula is C14H18N2. The van der Waals surface area contributed by atoms with Gasteiger partial charge in [-0.15, -0.1) is 0 Å². The summed E-state index contributed by atoms with van der Waals surface area (Å²) in [6.07, 6.45) is 2.37. The Hall–Kier alpha value is -1.33. The summed E-state index contributed by atoms with van der Waals surface area (Å²) < 4.78 is 0. The molecule has 1 aliphatic heterocycles. The van der Waals surface area contributed by atoms with E-state index in [-0.39, 0.29) is 5.54 Å². The normalized spacial score (nSPS) is 24.4. The van der Waals surface area contributed by atoms with Crippen LogP contribution in [0.5, 0.6) is 0 Å². The molecule has 1 aliphatic rings. The molecule has 2 rings (SSSR count). The topological polar surface area (TPSA) is 35.8 Å². The number of hydrogen-bond donors (Lipinski definition) is 1. The molecule has 1 aromatic rings. The smallest absolute Gasteiger partial charge is 0.0994 e. The van der Waals surface area contributed by atoms with Crippen LogP contribution in [0.2, 0.25) is 0 Å². The fraction of sp³-hybridized carbons (Fsp3) is 0.500. The van der Waals surface area contributed by atoms with Gasteiger partial charge in [0.05, 0.1) is 11.6 Å². The van der Waals surface area contributed by atoms with Gasteiger partial charge in [-0.1, -0.05) is 6.07 Å². The molecule has 1 heterocycles. The Morgan fingerprint density at radius 1 is 1.38 bits per heavy atom. The molecule has 0 saturated carbocycles. The Balaban J connectivity index is 2.51. The number of hydrogen-bond acceptors (Lipinski definition) is 2. The minimum atomic E-state index is 0.0596. The first-order chi connectivity index (χ1) is 7.57. The summed E-state index contributed by atoms with van der Waals surface area (Å²) in [5.41, 5.74) is 4.44. The average Bonchev–Trinajstić information content (AvgIpc) is 2.70. The molecule has 84 valence electrons. The molecule has 0 amide bonds. The molecule has 1 N–H and O–H groups in total. The molecule has 1 atom stereocenters. The quantitative estimate of drug-likeness (QED) is 0.780. The Kier molecular flexibility index (Phi) is 2.73. The van der Waals surface area contributed by atoms with Gasteiger partial charge in [-0.25, -0.2) is 0 Å². The van der Waals surface area contributed by atoms with Gasteiger partial charge in [0.2, 0.25) is 0 Å². The van der Waals surface area contributed by atoms with Crippen molar-refractivity contribution in [3.05, 3.63) is 34.4 Å². The molecule has 0 radical (unpaired) electrons.